The summed E-state index contributed by atoms with van der Waals surface area (Å²) in [7, 11) is 0. The van der Waals surface area contributed by atoms with Crippen molar-refractivity contribution in [2.75, 3.05) is 6.61 Å². The quantitative estimate of drug-likeness (QED) is 0.863. The Morgan fingerprint density at radius 3 is 2.63 bits per heavy atom. The molecule has 1 saturated carbocycles. The van der Waals surface area contributed by atoms with Crippen LogP contribution in [0.1, 0.15) is 46.7 Å². The summed E-state index contributed by atoms with van der Waals surface area (Å²) in [5.74, 6) is -0.718. The van der Waals surface area contributed by atoms with Crippen LogP contribution in [0.3, 0.4) is 0 Å². The van der Waals surface area contributed by atoms with Crippen LogP contribution in [-0.4, -0.2) is 45.5 Å². The zero-order chi connectivity index (χ0) is 19.3. The molecule has 1 aliphatic heterocycles. The summed E-state index contributed by atoms with van der Waals surface area (Å²) < 4.78 is 7.33. The number of benzene rings is 1. The molecule has 0 unspecified atom stereocenters. The second-order valence-electron chi connectivity index (χ2n) is 7.92. The van der Waals surface area contributed by atoms with Gasteiger partial charge in [-0.05, 0) is 37.6 Å². The monoisotopic (exact) mass is 369 g/mol. The summed E-state index contributed by atoms with van der Waals surface area (Å²) in [6, 6.07) is 7.13. The average Bonchev–Trinajstić information content (AvgIpc) is 3.25. The third kappa shape index (κ3) is 2.73. The molecule has 0 radical (unpaired) electrons. The fourth-order valence-electron chi connectivity index (χ4n) is 4.48. The zero-order valence-electron chi connectivity index (χ0n) is 15.6. The summed E-state index contributed by atoms with van der Waals surface area (Å²) in [6.07, 6.45) is 2.55. The van der Waals surface area contributed by atoms with E-state index < -0.39 is 5.97 Å². The molecule has 4 rings (SSSR count). The fraction of sp³-hybridized carbons (Fsp3) is 0.450. The number of amides is 1. The molecule has 3 atom stereocenters. The Kier molecular flexibility index (Phi) is 4.07. The number of nitrogens with one attached hydrogen (secondary N) is 1. The number of fused-ring (bicyclic) bond motifs is 1. The van der Waals surface area contributed by atoms with E-state index in [1.807, 2.05) is 0 Å². The third-order valence-electron chi connectivity index (χ3n) is 6.00. The van der Waals surface area contributed by atoms with Crippen molar-refractivity contribution in [3.05, 3.63) is 47.3 Å². The number of rotatable bonds is 4. The molecule has 1 saturated heterocycles. The van der Waals surface area contributed by atoms with Crippen molar-refractivity contribution in [3.8, 4) is 5.69 Å². The molecule has 27 heavy (non-hydrogen) atoms. The van der Waals surface area contributed by atoms with Gasteiger partial charge in [0.2, 0.25) is 0 Å². The van der Waals surface area contributed by atoms with E-state index >= 15 is 0 Å². The number of hydrogen-bond donors (Lipinski definition) is 2. The van der Waals surface area contributed by atoms with Crippen LogP contribution >= 0.6 is 0 Å². The van der Waals surface area contributed by atoms with Gasteiger partial charge in [0.25, 0.3) is 5.91 Å². The van der Waals surface area contributed by atoms with Crippen molar-refractivity contribution in [3.63, 3.8) is 0 Å². The average molecular weight is 369 g/mol. The summed E-state index contributed by atoms with van der Waals surface area (Å²) >= 11 is 0. The smallest absolute Gasteiger partial charge is 0.339 e. The molecule has 142 valence electrons. The van der Waals surface area contributed by atoms with E-state index in [0.717, 1.165) is 13.0 Å². The van der Waals surface area contributed by atoms with Crippen molar-refractivity contribution in [1.82, 2.24) is 15.1 Å². The van der Waals surface area contributed by atoms with Crippen molar-refractivity contribution in [2.24, 2.45) is 11.3 Å². The number of hydrogen-bond acceptors (Lipinski definition) is 4. The Morgan fingerprint density at radius 2 is 2.00 bits per heavy atom. The van der Waals surface area contributed by atoms with E-state index in [1.165, 1.54) is 6.20 Å². The first-order valence-corrected chi connectivity index (χ1v) is 9.11. The van der Waals surface area contributed by atoms with Gasteiger partial charge in [0.1, 0.15) is 5.56 Å². The topological polar surface area (TPSA) is 93.5 Å². The first kappa shape index (κ1) is 17.7. The predicted octanol–water partition coefficient (Wildman–Crippen LogP) is 2.42. The van der Waals surface area contributed by atoms with Crippen LogP contribution in [0.25, 0.3) is 5.69 Å². The first-order valence-electron chi connectivity index (χ1n) is 9.11. The highest BCUT2D eigenvalue weighted by atomic mass is 16.5. The minimum absolute atomic E-state index is 0.0594. The van der Waals surface area contributed by atoms with E-state index in [2.05, 4.69) is 24.3 Å². The van der Waals surface area contributed by atoms with Crippen molar-refractivity contribution in [2.45, 2.75) is 39.3 Å². The zero-order valence-corrected chi connectivity index (χ0v) is 15.6. The highest BCUT2D eigenvalue weighted by Gasteiger charge is 2.59. The minimum Gasteiger partial charge on any atom is -0.478 e. The number of nitrogens with zero attached hydrogens (tertiary/aromatic N) is 2. The number of carboxylic acids is 1. The summed E-state index contributed by atoms with van der Waals surface area (Å²) in [4.78, 5) is 23.8. The number of aromatic nitrogens is 2. The lowest BCUT2D eigenvalue weighted by Gasteiger charge is -2.54. The van der Waals surface area contributed by atoms with Gasteiger partial charge in [0, 0.05) is 29.5 Å². The Hall–Kier alpha value is -2.67. The summed E-state index contributed by atoms with van der Waals surface area (Å²) in [5.41, 5.74) is 1.93. The molecular weight excluding hydrogens is 346 g/mol. The maximum Gasteiger partial charge on any atom is 0.339 e. The van der Waals surface area contributed by atoms with Crippen LogP contribution in [0, 0.1) is 18.3 Å². The molecule has 7 nitrogen and oxygen atoms in total. The van der Waals surface area contributed by atoms with Gasteiger partial charge in [0.05, 0.1) is 23.7 Å². The second-order valence-corrected chi connectivity index (χ2v) is 7.92. The van der Waals surface area contributed by atoms with Crippen LogP contribution in [0.4, 0.5) is 0 Å². The van der Waals surface area contributed by atoms with E-state index in [1.54, 1.807) is 35.9 Å². The minimum atomic E-state index is -1.01. The van der Waals surface area contributed by atoms with Crippen molar-refractivity contribution in [1.29, 1.82) is 0 Å². The molecule has 7 heteroatoms. The van der Waals surface area contributed by atoms with Gasteiger partial charge in [-0.1, -0.05) is 13.8 Å². The van der Waals surface area contributed by atoms with Crippen LogP contribution in [0.5, 0.6) is 0 Å². The highest BCUT2D eigenvalue weighted by Crippen LogP contribution is 2.52. The van der Waals surface area contributed by atoms with Crippen molar-refractivity contribution < 1.29 is 19.4 Å². The lowest BCUT2D eigenvalue weighted by molar-refractivity contribution is -0.108. The molecule has 2 heterocycles. The Morgan fingerprint density at radius 1 is 1.30 bits per heavy atom. The van der Waals surface area contributed by atoms with Gasteiger partial charge in [-0.15, -0.1) is 0 Å². The predicted molar refractivity (Wildman–Crippen MR) is 98.1 cm³/mol. The molecule has 2 N–H and O–H groups in total. The van der Waals surface area contributed by atoms with Crippen LogP contribution in [-0.2, 0) is 4.74 Å². The van der Waals surface area contributed by atoms with Gasteiger partial charge in [0.15, 0.2) is 0 Å². The van der Waals surface area contributed by atoms with Gasteiger partial charge in [-0.2, -0.15) is 5.10 Å². The molecule has 2 aliphatic rings. The largest absolute Gasteiger partial charge is 0.478 e. The second kappa shape index (κ2) is 6.20. The Bertz CT molecular complexity index is 900. The maximum atomic E-state index is 12.7. The van der Waals surface area contributed by atoms with Gasteiger partial charge < -0.3 is 15.2 Å². The van der Waals surface area contributed by atoms with Gasteiger partial charge in [-0.3, -0.25) is 4.79 Å². The molecule has 1 aromatic carbocycles. The molecule has 0 spiro atoms. The first-order chi connectivity index (χ1) is 12.8. The maximum absolute atomic E-state index is 12.7. The third-order valence-corrected chi connectivity index (χ3v) is 6.00. The standard InChI is InChI=1S/C20H23N3O4/c1-11-15(19(25)26)10-21-23(11)13-6-4-12(5-7-13)18(24)22-16-14-8-9-27-17(14)20(16,2)3/h4-7,10,14,16-17H,8-9H2,1-3H3,(H,22,24)(H,25,26)/t14-,16-,17-/m1/s1. The fourth-order valence-corrected chi connectivity index (χ4v) is 4.48. The lowest BCUT2D eigenvalue weighted by atomic mass is 9.57. The lowest BCUT2D eigenvalue weighted by Crippen LogP contribution is -2.66. The summed E-state index contributed by atoms with van der Waals surface area (Å²) in [6.45, 7) is 6.74. The molecule has 1 aromatic heterocycles. The molecule has 0 bridgehead atoms. The molecule has 1 aliphatic carbocycles. The molecular formula is C20H23N3O4. The van der Waals surface area contributed by atoms with Crippen LogP contribution < -0.4 is 5.32 Å². The normalized spacial score (nSPS) is 25.5. The summed E-state index contributed by atoms with van der Waals surface area (Å²) in [5, 5.41) is 16.4. The highest BCUT2D eigenvalue weighted by molar-refractivity contribution is 5.94. The van der Waals surface area contributed by atoms with E-state index in [4.69, 9.17) is 9.84 Å². The van der Waals surface area contributed by atoms with Crippen LogP contribution in [0.2, 0.25) is 0 Å². The Balaban J connectivity index is 1.49. The number of carbonyl (C=O) groups excluding carboxylic acids is 1. The number of carbonyl (C=O) groups is 2. The van der Waals surface area contributed by atoms with Crippen molar-refractivity contribution >= 4 is 11.9 Å². The molecule has 1 amide bonds. The van der Waals surface area contributed by atoms with Gasteiger partial charge >= 0.3 is 5.97 Å². The van der Waals surface area contributed by atoms with Gasteiger partial charge in [-0.25, -0.2) is 9.48 Å². The van der Waals surface area contributed by atoms with E-state index in [9.17, 15) is 9.59 Å². The number of aromatic carboxylic acids is 1. The SMILES string of the molecule is Cc1c(C(=O)O)cnn1-c1ccc(C(=O)N[C@@H]2[C@H]3CCO[C@H]3C2(C)C)cc1. The molecule has 2 fully saturated rings. The van der Waals surface area contributed by atoms with E-state index in [-0.39, 0.29) is 29.0 Å². The number of carboxylic acid groups (broad SMARTS) is 1. The molecule has 2 aromatic rings. The Labute approximate surface area is 157 Å². The van der Waals surface area contributed by atoms with E-state index in [0.29, 0.717) is 22.9 Å². The van der Waals surface area contributed by atoms with Crippen LogP contribution in [0.15, 0.2) is 30.5 Å². The number of ether oxygens (including phenoxy) is 1.